The molecule has 0 aliphatic heterocycles. The maximum atomic E-state index is 12.4. The van der Waals surface area contributed by atoms with E-state index in [-0.39, 0.29) is 5.56 Å². The minimum atomic E-state index is -1.40. The zero-order valence-electron chi connectivity index (χ0n) is 12.0. The summed E-state index contributed by atoms with van der Waals surface area (Å²) >= 11 is 6.12. The molecule has 0 radical (unpaired) electrons. The Balaban J connectivity index is 2.44. The highest BCUT2D eigenvalue weighted by Gasteiger charge is 2.29. The molecule has 0 aliphatic rings. The molecule has 0 fully saturated rings. The second-order valence-electron chi connectivity index (χ2n) is 4.55. The van der Waals surface area contributed by atoms with E-state index < -0.39 is 17.6 Å². The monoisotopic (exact) mass is 316 g/mol. The van der Waals surface area contributed by atoms with Gasteiger partial charge in [-0.1, -0.05) is 23.7 Å². The first kappa shape index (κ1) is 15.7. The molecule has 7 heteroatoms. The minimum absolute atomic E-state index is 0.218. The van der Waals surface area contributed by atoms with Gasteiger partial charge in [-0.2, -0.15) is 10.4 Å². The van der Waals surface area contributed by atoms with E-state index in [4.69, 9.17) is 16.9 Å². The summed E-state index contributed by atoms with van der Waals surface area (Å²) in [5.41, 5.74) is 1.35. The van der Waals surface area contributed by atoms with Gasteiger partial charge in [-0.25, -0.2) is 4.68 Å². The number of Topliss-reactive ketones (excluding diaryl/α,β-unsaturated/α-hetero) is 1. The predicted octanol–water partition coefficient (Wildman–Crippen LogP) is 1.90. The number of carbonyl (C=O) groups excluding carboxylic acids is 2. The molecule has 0 unspecified atom stereocenters. The molecule has 112 valence electrons. The molecule has 6 nitrogen and oxygen atoms in total. The van der Waals surface area contributed by atoms with Crippen LogP contribution in [-0.2, 0) is 4.79 Å². The van der Waals surface area contributed by atoms with Crippen LogP contribution in [0, 0.1) is 24.2 Å². The van der Waals surface area contributed by atoms with E-state index in [1.165, 1.54) is 17.9 Å². The summed E-state index contributed by atoms with van der Waals surface area (Å²) in [6.07, 6.45) is 1.34. The number of nitrogens with one attached hydrogen (secondary N) is 1. The average Bonchev–Trinajstić information content (AvgIpc) is 2.89. The number of ketones is 1. The standard InChI is InChI=1S/C15H13ClN4O2/c1-9-11(14(21)10(7-17)15(22)18-2)8-19-20(9)13-6-4-3-5-12(13)16/h3-6,8,10H,1-2H3,(H,18,22)/t10-/m1/s1. The van der Waals surface area contributed by atoms with Crippen molar-refractivity contribution < 1.29 is 9.59 Å². The Morgan fingerprint density at radius 1 is 1.41 bits per heavy atom. The molecular formula is C15H13ClN4O2. The Kier molecular flexibility index (Phi) is 4.59. The lowest BCUT2D eigenvalue weighted by Gasteiger charge is -2.08. The molecular weight excluding hydrogens is 304 g/mol. The fourth-order valence-corrected chi connectivity index (χ4v) is 2.27. The number of carbonyl (C=O) groups is 2. The van der Waals surface area contributed by atoms with E-state index in [0.717, 1.165) is 0 Å². The molecule has 2 rings (SSSR count). The van der Waals surface area contributed by atoms with Crippen molar-refractivity contribution >= 4 is 23.3 Å². The highest BCUT2D eigenvalue weighted by Crippen LogP contribution is 2.23. The van der Waals surface area contributed by atoms with Gasteiger partial charge in [0.2, 0.25) is 5.91 Å². The van der Waals surface area contributed by atoms with Crippen LogP contribution in [0.4, 0.5) is 0 Å². The van der Waals surface area contributed by atoms with Crippen molar-refractivity contribution in [2.24, 2.45) is 5.92 Å². The zero-order valence-corrected chi connectivity index (χ0v) is 12.8. The normalized spacial score (nSPS) is 11.5. The van der Waals surface area contributed by atoms with Crippen LogP contribution in [0.5, 0.6) is 0 Å². The molecule has 0 saturated carbocycles. The number of rotatable bonds is 4. The number of halogens is 1. The van der Waals surface area contributed by atoms with Crippen LogP contribution in [-0.4, -0.2) is 28.5 Å². The minimum Gasteiger partial charge on any atom is -0.358 e. The summed E-state index contributed by atoms with van der Waals surface area (Å²) < 4.78 is 1.51. The van der Waals surface area contributed by atoms with Crippen molar-refractivity contribution in [2.75, 3.05) is 7.05 Å². The van der Waals surface area contributed by atoms with E-state index in [9.17, 15) is 9.59 Å². The second kappa shape index (κ2) is 6.41. The molecule has 1 atom stereocenters. The summed E-state index contributed by atoms with van der Waals surface area (Å²) in [7, 11) is 1.37. The highest BCUT2D eigenvalue weighted by molar-refractivity contribution is 6.32. The molecule has 22 heavy (non-hydrogen) atoms. The first-order chi connectivity index (χ1) is 10.5. The van der Waals surface area contributed by atoms with Crippen molar-refractivity contribution in [1.29, 1.82) is 5.26 Å². The SMILES string of the molecule is CNC(=O)[C@H](C#N)C(=O)c1cnn(-c2ccccc2Cl)c1C. The Labute approximate surface area is 132 Å². The van der Waals surface area contributed by atoms with Gasteiger partial charge >= 0.3 is 0 Å². The van der Waals surface area contributed by atoms with Crippen LogP contribution in [0.2, 0.25) is 5.02 Å². The molecule has 1 amide bonds. The van der Waals surface area contributed by atoms with Gasteiger partial charge in [0, 0.05) is 7.05 Å². The maximum Gasteiger partial charge on any atom is 0.245 e. The fraction of sp³-hybridized carbons (Fsp3) is 0.200. The van der Waals surface area contributed by atoms with E-state index in [2.05, 4.69) is 10.4 Å². The molecule has 1 heterocycles. The smallest absolute Gasteiger partial charge is 0.245 e. The Hall–Kier alpha value is -2.65. The van der Waals surface area contributed by atoms with Crippen molar-refractivity contribution in [2.45, 2.75) is 6.92 Å². The van der Waals surface area contributed by atoms with E-state index in [1.54, 1.807) is 37.3 Å². The topological polar surface area (TPSA) is 87.8 Å². The number of hydrogen-bond donors (Lipinski definition) is 1. The number of hydrogen-bond acceptors (Lipinski definition) is 4. The average molecular weight is 317 g/mol. The molecule has 1 aromatic heterocycles. The molecule has 0 aliphatic carbocycles. The molecule has 1 aromatic carbocycles. The summed E-state index contributed by atoms with van der Waals surface area (Å²) in [4.78, 5) is 24.0. The molecule has 1 N–H and O–H groups in total. The summed E-state index contributed by atoms with van der Waals surface area (Å²) in [5, 5.41) is 16.0. The van der Waals surface area contributed by atoms with Crippen molar-refractivity contribution in [3.8, 4) is 11.8 Å². The number of nitriles is 1. The van der Waals surface area contributed by atoms with Crippen LogP contribution in [0.1, 0.15) is 16.1 Å². The van der Waals surface area contributed by atoms with Crippen LogP contribution >= 0.6 is 11.6 Å². The lowest BCUT2D eigenvalue weighted by Crippen LogP contribution is -2.32. The third-order valence-electron chi connectivity index (χ3n) is 3.26. The van der Waals surface area contributed by atoms with Crippen LogP contribution in [0.25, 0.3) is 5.69 Å². The first-order valence-corrected chi connectivity index (χ1v) is 6.84. The van der Waals surface area contributed by atoms with Gasteiger partial charge in [0.1, 0.15) is 0 Å². The number of benzene rings is 1. The second-order valence-corrected chi connectivity index (χ2v) is 4.95. The van der Waals surface area contributed by atoms with E-state index >= 15 is 0 Å². The lowest BCUT2D eigenvalue weighted by atomic mass is 9.99. The number of para-hydroxylation sites is 1. The van der Waals surface area contributed by atoms with Crippen LogP contribution in [0.15, 0.2) is 30.5 Å². The number of aromatic nitrogens is 2. The van der Waals surface area contributed by atoms with Crippen molar-refractivity contribution in [3.05, 3.63) is 46.7 Å². The third kappa shape index (κ3) is 2.71. The zero-order chi connectivity index (χ0) is 16.3. The van der Waals surface area contributed by atoms with E-state index in [1.807, 2.05) is 0 Å². The largest absolute Gasteiger partial charge is 0.358 e. The van der Waals surface area contributed by atoms with Gasteiger partial charge < -0.3 is 5.32 Å². The lowest BCUT2D eigenvalue weighted by molar-refractivity contribution is -0.121. The van der Waals surface area contributed by atoms with Crippen molar-refractivity contribution in [1.82, 2.24) is 15.1 Å². The highest BCUT2D eigenvalue weighted by atomic mass is 35.5. The van der Waals surface area contributed by atoms with Gasteiger partial charge in [0.15, 0.2) is 11.7 Å². The van der Waals surface area contributed by atoms with Crippen LogP contribution < -0.4 is 5.32 Å². The van der Waals surface area contributed by atoms with Gasteiger partial charge in [-0.05, 0) is 19.1 Å². The quantitative estimate of drug-likeness (QED) is 0.689. The Morgan fingerprint density at radius 2 is 2.09 bits per heavy atom. The van der Waals surface area contributed by atoms with Gasteiger partial charge in [0.25, 0.3) is 0 Å². The fourth-order valence-electron chi connectivity index (χ4n) is 2.05. The summed E-state index contributed by atoms with van der Waals surface area (Å²) in [6, 6.07) is 8.77. The Bertz CT molecular complexity index is 776. The molecule has 0 saturated heterocycles. The third-order valence-corrected chi connectivity index (χ3v) is 3.58. The number of nitrogens with zero attached hydrogens (tertiary/aromatic N) is 3. The number of amides is 1. The van der Waals surface area contributed by atoms with Gasteiger partial charge in [-0.15, -0.1) is 0 Å². The predicted molar refractivity (Wildman–Crippen MR) is 80.8 cm³/mol. The van der Waals surface area contributed by atoms with Gasteiger partial charge in [0.05, 0.1) is 34.2 Å². The molecule has 2 aromatic rings. The van der Waals surface area contributed by atoms with E-state index in [0.29, 0.717) is 16.4 Å². The first-order valence-electron chi connectivity index (χ1n) is 6.46. The van der Waals surface area contributed by atoms with Gasteiger partial charge in [-0.3, -0.25) is 9.59 Å². The summed E-state index contributed by atoms with van der Waals surface area (Å²) in [5.74, 6) is -2.62. The molecule has 0 spiro atoms. The van der Waals surface area contributed by atoms with Crippen LogP contribution in [0.3, 0.4) is 0 Å². The Morgan fingerprint density at radius 3 is 2.68 bits per heavy atom. The maximum absolute atomic E-state index is 12.4. The molecule has 0 bridgehead atoms. The van der Waals surface area contributed by atoms with Crippen molar-refractivity contribution in [3.63, 3.8) is 0 Å². The summed E-state index contributed by atoms with van der Waals surface area (Å²) in [6.45, 7) is 1.68.